The number of aromatic nitrogens is 5. The third kappa shape index (κ3) is 2.20. The average molecular weight is 295 g/mol. The van der Waals surface area contributed by atoms with Crippen molar-refractivity contribution in [1.82, 2.24) is 24.7 Å². The lowest BCUT2D eigenvalue weighted by Gasteiger charge is -2.06. The van der Waals surface area contributed by atoms with Crippen LogP contribution in [0.5, 0.6) is 0 Å². The van der Waals surface area contributed by atoms with Crippen molar-refractivity contribution in [2.75, 3.05) is 0 Å². The van der Waals surface area contributed by atoms with Crippen molar-refractivity contribution in [2.45, 2.75) is 38.6 Å². The van der Waals surface area contributed by atoms with Gasteiger partial charge in [-0.3, -0.25) is 19.4 Å². The Bertz CT molecular complexity index is 880. The van der Waals surface area contributed by atoms with Crippen LogP contribution < -0.4 is 5.56 Å². The van der Waals surface area contributed by atoms with Crippen molar-refractivity contribution in [3.63, 3.8) is 0 Å². The molecule has 1 N–H and O–H groups in total. The highest BCUT2D eigenvalue weighted by Gasteiger charge is 2.16. The molecule has 0 aromatic carbocycles. The minimum Gasteiger partial charge on any atom is -0.293 e. The Kier molecular flexibility index (Phi) is 3.21. The summed E-state index contributed by atoms with van der Waals surface area (Å²) in [5.41, 5.74) is 4.09. The molecule has 3 aromatic rings. The fraction of sp³-hybridized carbons (Fsp3) is 0.375. The van der Waals surface area contributed by atoms with E-state index in [4.69, 9.17) is 0 Å². The molecule has 6 nitrogen and oxygen atoms in total. The molecule has 6 heteroatoms. The standard InChI is InChI=1S/C16H17N5O/c22-16-12-8-17-7-6-13(12)18-10-21(16)9-15-11-4-2-1-3-5-14(11)19-20-15/h6-8,10H,1-5,9H2,(H,19,20). The zero-order chi connectivity index (χ0) is 14.9. The molecule has 1 aliphatic rings. The van der Waals surface area contributed by atoms with Crippen LogP contribution in [0.1, 0.15) is 36.2 Å². The van der Waals surface area contributed by atoms with Crippen molar-refractivity contribution in [1.29, 1.82) is 0 Å². The van der Waals surface area contributed by atoms with Crippen molar-refractivity contribution < 1.29 is 0 Å². The molecule has 3 heterocycles. The lowest BCUT2D eigenvalue weighted by Crippen LogP contribution is -2.22. The second kappa shape index (κ2) is 5.36. The first-order valence-corrected chi connectivity index (χ1v) is 7.67. The minimum absolute atomic E-state index is 0.0662. The SMILES string of the molecule is O=c1c2cnccc2ncn1Cc1n[nH]c2c1CCCCC2. The molecule has 0 spiro atoms. The van der Waals surface area contributed by atoms with Gasteiger partial charge in [-0.05, 0) is 37.3 Å². The summed E-state index contributed by atoms with van der Waals surface area (Å²) in [4.78, 5) is 20.9. The van der Waals surface area contributed by atoms with Crippen LogP contribution >= 0.6 is 0 Å². The van der Waals surface area contributed by atoms with E-state index in [9.17, 15) is 4.79 Å². The van der Waals surface area contributed by atoms with Gasteiger partial charge >= 0.3 is 0 Å². The van der Waals surface area contributed by atoms with Gasteiger partial charge in [0.25, 0.3) is 5.56 Å². The Morgan fingerprint density at radius 1 is 1.23 bits per heavy atom. The summed E-state index contributed by atoms with van der Waals surface area (Å²) >= 11 is 0. The molecule has 0 amide bonds. The van der Waals surface area contributed by atoms with Crippen molar-refractivity contribution in [3.8, 4) is 0 Å². The van der Waals surface area contributed by atoms with Gasteiger partial charge in [0, 0.05) is 18.1 Å². The predicted octanol–water partition coefficient (Wildman–Crippen LogP) is 1.83. The normalized spacial score (nSPS) is 14.7. The van der Waals surface area contributed by atoms with Gasteiger partial charge in [0.2, 0.25) is 0 Å². The summed E-state index contributed by atoms with van der Waals surface area (Å²) in [7, 11) is 0. The Balaban J connectivity index is 1.74. The van der Waals surface area contributed by atoms with Gasteiger partial charge in [0.15, 0.2) is 0 Å². The summed E-state index contributed by atoms with van der Waals surface area (Å²) < 4.78 is 1.62. The van der Waals surface area contributed by atoms with Crippen LogP contribution in [-0.4, -0.2) is 24.7 Å². The number of hydrogen-bond acceptors (Lipinski definition) is 4. The second-order valence-electron chi connectivity index (χ2n) is 5.76. The van der Waals surface area contributed by atoms with Gasteiger partial charge in [-0.25, -0.2) is 4.98 Å². The number of nitrogens with zero attached hydrogens (tertiary/aromatic N) is 4. The lowest BCUT2D eigenvalue weighted by atomic mass is 10.1. The van der Waals surface area contributed by atoms with Gasteiger partial charge in [-0.1, -0.05) is 6.42 Å². The number of rotatable bonds is 2. The van der Waals surface area contributed by atoms with Crippen molar-refractivity contribution >= 4 is 10.9 Å². The molecule has 22 heavy (non-hydrogen) atoms. The van der Waals surface area contributed by atoms with Gasteiger partial charge < -0.3 is 0 Å². The number of aryl methyl sites for hydroxylation is 1. The minimum atomic E-state index is -0.0662. The highest BCUT2D eigenvalue weighted by atomic mass is 16.1. The summed E-state index contributed by atoms with van der Waals surface area (Å²) in [6.07, 6.45) is 10.6. The Hall–Kier alpha value is -2.50. The smallest absolute Gasteiger partial charge is 0.263 e. The van der Waals surface area contributed by atoms with Crippen LogP contribution in [0.4, 0.5) is 0 Å². The molecule has 1 aliphatic carbocycles. The maximum absolute atomic E-state index is 12.5. The maximum Gasteiger partial charge on any atom is 0.263 e. The average Bonchev–Trinajstić information content (AvgIpc) is 2.78. The summed E-state index contributed by atoms with van der Waals surface area (Å²) in [6, 6.07) is 1.75. The summed E-state index contributed by atoms with van der Waals surface area (Å²) in [5.74, 6) is 0. The first kappa shape index (κ1) is 13.2. The van der Waals surface area contributed by atoms with Crippen molar-refractivity contribution in [2.24, 2.45) is 0 Å². The quantitative estimate of drug-likeness (QED) is 0.732. The third-order valence-electron chi connectivity index (χ3n) is 4.34. The Morgan fingerprint density at radius 2 is 2.14 bits per heavy atom. The Labute approximate surface area is 127 Å². The zero-order valence-corrected chi connectivity index (χ0v) is 12.2. The van der Waals surface area contributed by atoms with Crippen LogP contribution in [-0.2, 0) is 19.4 Å². The van der Waals surface area contributed by atoms with Crippen LogP contribution in [0, 0.1) is 0 Å². The lowest BCUT2D eigenvalue weighted by molar-refractivity contribution is 0.683. The van der Waals surface area contributed by atoms with E-state index in [0.717, 1.165) is 18.5 Å². The highest BCUT2D eigenvalue weighted by Crippen LogP contribution is 2.22. The van der Waals surface area contributed by atoms with E-state index in [-0.39, 0.29) is 5.56 Å². The molecule has 0 fully saturated rings. The van der Waals surface area contributed by atoms with E-state index in [0.29, 0.717) is 17.4 Å². The number of aromatic amines is 1. The third-order valence-corrected chi connectivity index (χ3v) is 4.34. The van der Waals surface area contributed by atoms with Gasteiger partial charge in [-0.2, -0.15) is 5.10 Å². The fourth-order valence-corrected chi connectivity index (χ4v) is 3.13. The first-order chi connectivity index (χ1) is 10.8. The first-order valence-electron chi connectivity index (χ1n) is 7.67. The maximum atomic E-state index is 12.5. The molecule has 0 unspecified atom stereocenters. The number of fused-ring (bicyclic) bond motifs is 2. The molecular formula is C16H17N5O. The topological polar surface area (TPSA) is 76.5 Å². The molecule has 0 saturated carbocycles. The van der Waals surface area contributed by atoms with E-state index in [1.54, 1.807) is 29.4 Å². The van der Waals surface area contributed by atoms with Gasteiger partial charge in [0.05, 0.1) is 29.5 Å². The molecule has 0 radical (unpaired) electrons. The Morgan fingerprint density at radius 3 is 3.09 bits per heavy atom. The van der Waals surface area contributed by atoms with E-state index < -0.39 is 0 Å². The molecular weight excluding hydrogens is 278 g/mol. The van der Waals surface area contributed by atoms with Crippen LogP contribution in [0.2, 0.25) is 0 Å². The van der Waals surface area contributed by atoms with Gasteiger partial charge in [-0.15, -0.1) is 0 Å². The largest absolute Gasteiger partial charge is 0.293 e. The van der Waals surface area contributed by atoms with Gasteiger partial charge in [0.1, 0.15) is 0 Å². The molecule has 3 aromatic heterocycles. The predicted molar refractivity (Wildman–Crippen MR) is 82.7 cm³/mol. The summed E-state index contributed by atoms with van der Waals surface area (Å²) in [5, 5.41) is 8.12. The van der Waals surface area contributed by atoms with Crippen molar-refractivity contribution in [3.05, 3.63) is 52.1 Å². The number of hydrogen-bond donors (Lipinski definition) is 1. The van der Waals surface area contributed by atoms with E-state index in [2.05, 4.69) is 20.2 Å². The molecule has 112 valence electrons. The monoisotopic (exact) mass is 295 g/mol. The van der Waals surface area contributed by atoms with E-state index >= 15 is 0 Å². The molecule has 4 rings (SSSR count). The second-order valence-corrected chi connectivity index (χ2v) is 5.76. The number of pyridine rings is 1. The molecule has 0 aliphatic heterocycles. The number of H-pyrrole nitrogens is 1. The zero-order valence-electron chi connectivity index (χ0n) is 12.2. The van der Waals surface area contributed by atoms with Crippen LogP contribution in [0.25, 0.3) is 10.9 Å². The van der Waals surface area contributed by atoms with E-state index in [1.807, 2.05) is 0 Å². The summed E-state index contributed by atoms with van der Waals surface area (Å²) in [6.45, 7) is 0.461. The molecule has 0 atom stereocenters. The highest BCUT2D eigenvalue weighted by molar-refractivity contribution is 5.75. The number of nitrogens with one attached hydrogen (secondary N) is 1. The van der Waals surface area contributed by atoms with Crippen LogP contribution in [0.3, 0.4) is 0 Å². The molecule has 0 bridgehead atoms. The fourth-order valence-electron chi connectivity index (χ4n) is 3.13. The van der Waals surface area contributed by atoms with E-state index in [1.165, 1.54) is 30.5 Å². The van der Waals surface area contributed by atoms with Crippen LogP contribution in [0.15, 0.2) is 29.6 Å². The molecule has 0 saturated heterocycles.